The molecule has 4 heterocycles. The number of anilines is 2. The van der Waals surface area contributed by atoms with Crippen molar-refractivity contribution in [3.63, 3.8) is 0 Å². The van der Waals surface area contributed by atoms with Crippen molar-refractivity contribution < 1.29 is 0 Å². The van der Waals surface area contributed by atoms with E-state index in [9.17, 15) is 0 Å². The highest BCUT2D eigenvalue weighted by atomic mass is 15.2. The first-order chi connectivity index (χ1) is 12.7. The van der Waals surface area contributed by atoms with Gasteiger partial charge in [0.25, 0.3) is 0 Å². The molecule has 0 aromatic carbocycles. The van der Waals surface area contributed by atoms with E-state index in [1.54, 1.807) is 18.6 Å². The predicted molar refractivity (Wildman–Crippen MR) is 102 cm³/mol. The summed E-state index contributed by atoms with van der Waals surface area (Å²) in [5, 5.41) is 11.4. The molecule has 0 aliphatic rings. The molecule has 0 aliphatic carbocycles. The van der Waals surface area contributed by atoms with Crippen LogP contribution in [0.4, 0.5) is 11.6 Å². The number of aromatic nitrogens is 5. The Labute approximate surface area is 151 Å². The average molecular weight is 342 g/mol. The van der Waals surface area contributed by atoms with Gasteiger partial charge >= 0.3 is 0 Å². The Bertz CT molecular complexity index is 1050. The molecular weight excluding hydrogens is 324 g/mol. The number of hydrogen-bond donors (Lipinski definition) is 1. The summed E-state index contributed by atoms with van der Waals surface area (Å²) >= 11 is 0. The minimum atomic E-state index is 0.391. The van der Waals surface area contributed by atoms with Crippen LogP contribution in [-0.2, 0) is 0 Å². The van der Waals surface area contributed by atoms with Gasteiger partial charge in [0.15, 0.2) is 5.82 Å². The summed E-state index contributed by atoms with van der Waals surface area (Å²) < 4.78 is 0. The van der Waals surface area contributed by atoms with Crippen LogP contribution in [0.25, 0.3) is 22.2 Å². The largest absolute Gasteiger partial charge is 0.323 e. The Morgan fingerprint density at radius 1 is 0.846 bits per heavy atom. The first kappa shape index (κ1) is 16.1. The standard InChI is InChI=1S/C20H18N6/c1-13(2)15-10-20(26-23-12-15)25-19-4-3-17-18(24-19)9-16(11-22-17)14-5-7-21-8-6-14/h3-13H,1-2H3,(H,24,25,26). The average Bonchev–Trinajstić information content (AvgIpc) is 2.68. The maximum absolute atomic E-state index is 4.67. The van der Waals surface area contributed by atoms with Crippen LogP contribution >= 0.6 is 0 Å². The lowest BCUT2D eigenvalue weighted by molar-refractivity contribution is 0.843. The summed E-state index contributed by atoms with van der Waals surface area (Å²) in [6.45, 7) is 4.25. The van der Waals surface area contributed by atoms with Gasteiger partial charge in [-0.15, -0.1) is 5.10 Å². The van der Waals surface area contributed by atoms with Crippen LogP contribution in [0.15, 0.2) is 61.2 Å². The Hall–Kier alpha value is -3.41. The van der Waals surface area contributed by atoms with E-state index in [1.165, 1.54) is 0 Å². The molecule has 0 atom stereocenters. The van der Waals surface area contributed by atoms with Gasteiger partial charge in [0.2, 0.25) is 0 Å². The zero-order valence-electron chi connectivity index (χ0n) is 14.6. The van der Waals surface area contributed by atoms with E-state index in [1.807, 2.05) is 42.6 Å². The van der Waals surface area contributed by atoms with Gasteiger partial charge in [-0.25, -0.2) is 4.98 Å². The number of pyridine rings is 3. The second-order valence-electron chi connectivity index (χ2n) is 6.35. The van der Waals surface area contributed by atoms with Gasteiger partial charge < -0.3 is 5.32 Å². The summed E-state index contributed by atoms with van der Waals surface area (Å²) in [5.41, 5.74) is 4.86. The number of nitrogens with zero attached hydrogens (tertiary/aromatic N) is 5. The van der Waals surface area contributed by atoms with Gasteiger partial charge in [-0.2, -0.15) is 5.10 Å². The molecule has 0 radical (unpaired) electrons. The molecule has 0 fully saturated rings. The molecule has 0 amide bonds. The van der Waals surface area contributed by atoms with Crippen LogP contribution in [0.5, 0.6) is 0 Å². The zero-order valence-corrected chi connectivity index (χ0v) is 14.6. The van der Waals surface area contributed by atoms with Crippen molar-refractivity contribution in [1.29, 1.82) is 0 Å². The van der Waals surface area contributed by atoms with Crippen molar-refractivity contribution in [2.45, 2.75) is 19.8 Å². The predicted octanol–water partition coefficient (Wildman–Crippen LogP) is 4.35. The van der Waals surface area contributed by atoms with Crippen LogP contribution in [0, 0.1) is 0 Å². The molecule has 4 aromatic heterocycles. The summed E-state index contributed by atoms with van der Waals surface area (Å²) in [7, 11) is 0. The van der Waals surface area contributed by atoms with Gasteiger partial charge in [-0.1, -0.05) is 13.8 Å². The van der Waals surface area contributed by atoms with Gasteiger partial charge in [-0.3, -0.25) is 9.97 Å². The first-order valence-electron chi connectivity index (χ1n) is 8.46. The lowest BCUT2D eigenvalue weighted by atomic mass is 10.1. The van der Waals surface area contributed by atoms with Crippen molar-refractivity contribution in [3.05, 3.63) is 66.7 Å². The Kier molecular flexibility index (Phi) is 4.23. The molecule has 0 spiro atoms. The highest BCUT2D eigenvalue weighted by Crippen LogP contribution is 2.23. The van der Waals surface area contributed by atoms with E-state index < -0.39 is 0 Å². The monoisotopic (exact) mass is 342 g/mol. The molecular formula is C20H18N6. The quantitative estimate of drug-likeness (QED) is 0.594. The smallest absolute Gasteiger partial charge is 0.154 e. The molecule has 0 saturated carbocycles. The minimum Gasteiger partial charge on any atom is -0.323 e. The SMILES string of the molecule is CC(C)c1cnnc(Nc2ccc3ncc(-c4ccncc4)cc3n2)c1. The Balaban J connectivity index is 1.67. The molecule has 0 aliphatic heterocycles. The molecule has 1 N–H and O–H groups in total. The topological polar surface area (TPSA) is 76.5 Å². The Morgan fingerprint density at radius 3 is 2.50 bits per heavy atom. The number of rotatable bonds is 4. The van der Waals surface area contributed by atoms with E-state index in [-0.39, 0.29) is 0 Å². The first-order valence-corrected chi connectivity index (χ1v) is 8.46. The van der Waals surface area contributed by atoms with Crippen LogP contribution in [-0.4, -0.2) is 25.1 Å². The maximum atomic E-state index is 4.67. The molecule has 0 bridgehead atoms. The second kappa shape index (κ2) is 6.84. The molecule has 4 rings (SSSR count). The zero-order chi connectivity index (χ0) is 17.9. The minimum absolute atomic E-state index is 0.391. The van der Waals surface area contributed by atoms with Crippen molar-refractivity contribution in [1.82, 2.24) is 25.1 Å². The summed E-state index contributed by atoms with van der Waals surface area (Å²) in [6.07, 6.45) is 7.18. The van der Waals surface area contributed by atoms with Crippen LogP contribution in [0.3, 0.4) is 0 Å². The molecule has 0 saturated heterocycles. The summed E-state index contributed by atoms with van der Waals surface area (Å²) in [6, 6.07) is 11.8. The van der Waals surface area contributed by atoms with Crippen molar-refractivity contribution >= 4 is 22.7 Å². The fourth-order valence-corrected chi connectivity index (χ4v) is 2.67. The van der Waals surface area contributed by atoms with Crippen LogP contribution < -0.4 is 5.32 Å². The van der Waals surface area contributed by atoms with Crippen LogP contribution in [0.1, 0.15) is 25.3 Å². The highest BCUT2D eigenvalue weighted by Gasteiger charge is 2.06. The van der Waals surface area contributed by atoms with E-state index >= 15 is 0 Å². The van der Waals surface area contributed by atoms with E-state index in [0.717, 1.165) is 27.7 Å². The molecule has 26 heavy (non-hydrogen) atoms. The number of fused-ring (bicyclic) bond motifs is 1. The molecule has 6 heteroatoms. The number of nitrogens with one attached hydrogen (secondary N) is 1. The highest BCUT2D eigenvalue weighted by molar-refractivity contribution is 5.81. The Morgan fingerprint density at radius 2 is 1.69 bits per heavy atom. The normalized spacial score (nSPS) is 11.0. The van der Waals surface area contributed by atoms with Crippen LogP contribution in [0.2, 0.25) is 0 Å². The number of hydrogen-bond acceptors (Lipinski definition) is 6. The third-order valence-corrected chi connectivity index (χ3v) is 4.15. The molecule has 0 unspecified atom stereocenters. The van der Waals surface area contributed by atoms with Gasteiger partial charge in [0.05, 0.1) is 17.2 Å². The molecule has 6 nitrogen and oxygen atoms in total. The van der Waals surface area contributed by atoms with Gasteiger partial charge in [0, 0.05) is 24.2 Å². The van der Waals surface area contributed by atoms with E-state index in [0.29, 0.717) is 17.6 Å². The molecule has 128 valence electrons. The second-order valence-corrected chi connectivity index (χ2v) is 6.35. The lowest BCUT2D eigenvalue weighted by Gasteiger charge is -2.09. The van der Waals surface area contributed by atoms with Crippen molar-refractivity contribution in [2.24, 2.45) is 0 Å². The van der Waals surface area contributed by atoms with Gasteiger partial charge in [-0.05, 0) is 53.4 Å². The third kappa shape index (κ3) is 3.35. The van der Waals surface area contributed by atoms with Crippen molar-refractivity contribution in [3.8, 4) is 11.1 Å². The fraction of sp³-hybridized carbons (Fsp3) is 0.150. The maximum Gasteiger partial charge on any atom is 0.154 e. The van der Waals surface area contributed by atoms with Gasteiger partial charge in [0.1, 0.15) is 5.82 Å². The van der Waals surface area contributed by atoms with Crippen molar-refractivity contribution in [2.75, 3.05) is 5.32 Å². The fourth-order valence-electron chi connectivity index (χ4n) is 2.67. The van der Waals surface area contributed by atoms with E-state index in [4.69, 9.17) is 0 Å². The molecule has 4 aromatic rings. The van der Waals surface area contributed by atoms with E-state index in [2.05, 4.69) is 44.3 Å². The summed E-state index contributed by atoms with van der Waals surface area (Å²) in [5.74, 6) is 1.78. The lowest BCUT2D eigenvalue weighted by Crippen LogP contribution is -2.00. The summed E-state index contributed by atoms with van der Waals surface area (Å²) in [4.78, 5) is 13.2. The third-order valence-electron chi connectivity index (χ3n) is 4.15.